The Kier molecular flexibility index (Phi) is 9.92. The maximum Gasteiger partial charge on any atom is 0.333 e. The zero-order chi connectivity index (χ0) is 16.3. The number of nitrogens with zero attached hydrogens (tertiary/aromatic N) is 1. The zero-order valence-electron chi connectivity index (χ0n) is 13.2. The van der Waals surface area contributed by atoms with Crippen LogP contribution in [0.1, 0.15) is 40.0 Å². The number of hydrogen-bond donors (Lipinski definition) is 1. The van der Waals surface area contributed by atoms with Crippen molar-refractivity contribution in [3.05, 3.63) is 12.2 Å². The number of carbonyl (C=O) groups is 3. The largest absolute Gasteiger partial charge is 0.460 e. The van der Waals surface area contributed by atoms with Crippen LogP contribution >= 0.6 is 0 Å². The summed E-state index contributed by atoms with van der Waals surface area (Å²) in [6.07, 6.45) is 2.67. The van der Waals surface area contributed by atoms with Crippen molar-refractivity contribution in [3.63, 3.8) is 0 Å². The first-order valence-electron chi connectivity index (χ1n) is 7.17. The number of carbonyl (C=O) groups excluding carboxylic acids is 3. The third-order valence-electron chi connectivity index (χ3n) is 2.87. The maximum absolute atomic E-state index is 11.5. The molecule has 0 atom stereocenters. The molecule has 21 heavy (non-hydrogen) atoms. The lowest BCUT2D eigenvalue weighted by Crippen LogP contribution is -2.33. The minimum Gasteiger partial charge on any atom is -0.460 e. The summed E-state index contributed by atoms with van der Waals surface area (Å²) in [6, 6.07) is 0. The molecule has 0 aliphatic rings. The Balaban J connectivity index is 3.82. The van der Waals surface area contributed by atoms with Crippen molar-refractivity contribution in [2.75, 3.05) is 26.2 Å². The highest BCUT2D eigenvalue weighted by molar-refractivity contribution is 5.86. The molecule has 0 saturated carbocycles. The molecule has 0 aromatic rings. The number of nitrogens with one attached hydrogen (secondary N) is 1. The summed E-state index contributed by atoms with van der Waals surface area (Å²) in [5.74, 6) is -0.503. The predicted octanol–water partition coefficient (Wildman–Crippen LogP) is 1.26. The van der Waals surface area contributed by atoms with E-state index in [0.29, 0.717) is 25.2 Å². The molecule has 2 amide bonds. The summed E-state index contributed by atoms with van der Waals surface area (Å²) in [5.41, 5.74) is 0.349. The Morgan fingerprint density at radius 3 is 2.24 bits per heavy atom. The average Bonchev–Trinajstić information content (AvgIpc) is 2.39. The van der Waals surface area contributed by atoms with Gasteiger partial charge in [0.2, 0.25) is 11.8 Å². The van der Waals surface area contributed by atoms with Crippen LogP contribution in [0.4, 0.5) is 0 Å². The lowest BCUT2D eigenvalue weighted by atomic mass is 10.2. The molecule has 0 saturated heterocycles. The van der Waals surface area contributed by atoms with E-state index in [0.717, 1.165) is 19.3 Å². The van der Waals surface area contributed by atoms with Crippen molar-refractivity contribution < 1.29 is 19.1 Å². The van der Waals surface area contributed by atoms with Gasteiger partial charge in [0.05, 0.1) is 6.54 Å². The van der Waals surface area contributed by atoms with Gasteiger partial charge in [-0.3, -0.25) is 9.59 Å². The fraction of sp³-hybridized carbons (Fsp3) is 0.667. The maximum atomic E-state index is 11.5. The molecule has 0 radical (unpaired) electrons. The van der Waals surface area contributed by atoms with Crippen LogP contribution in [0.2, 0.25) is 0 Å². The Morgan fingerprint density at radius 1 is 1.05 bits per heavy atom. The number of unbranched alkanes of at least 4 members (excludes halogenated alkanes) is 2. The van der Waals surface area contributed by atoms with Gasteiger partial charge in [0.25, 0.3) is 0 Å². The number of amides is 2. The molecule has 0 heterocycles. The molecule has 0 spiro atoms. The number of esters is 1. The summed E-state index contributed by atoms with van der Waals surface area (Å²) in [4.78, 5) is 35.0. The zero-order valence-corrected chi connectivity index (χ0v) is 13.2. The molecule has 0 aromatic carbocycles. The van der Waals surface area contributed by atoms with Gasteiger partial charge in [-0.15, -0.1) is 0 Å². The second-order valence-corrected chi connectivity index (χ2v) is 4.97. The fourth-order valence-corrected chi connectivity index (χ4v) is 1.67. The quantitative estimate of drug-likeness (QED) is 0.374. The van der Waals surface area contributed by atoms with Gasteiger partial charge < -0.3 is 15.0 Å². The first-order chi connectivity index (χ1) is 9.84. The number of rotatable bonds is 10. The van der Waals surface area contributed by atoms with E-state index in [4.69, 9.17) is 4.74 Å². The Hall–Kier alpha value is -1.85. The van der Waals surface area contributed by atoms with E-state index in [2.05, 4.69) is 11.9 Å². The van der Waals surface area contributed by atoms with E-state index in [-0.39, 0.29) is 18.4 Å². The van der Waals surface area contributed by atoms with Crippen LogP contribution in [0, 0.1) is 0 Å². The van der Waals surface area contributed by atoms with Crippen molar-refractivity contribution >= 4 is 17.8 Å². The van der Waals surface area contributed by atoms with Crippen LogP contribution in [0.15, 0.2) is 12.2 Å². The van der Waals surface area contributed by atoms with Crippen molar-refractivity contribution in [3.8, 4) is 0 Å². The average molecular weight is 298 g/mol. The van der Waals surface area contributed by atoms with Gasteiger partial charge >= 0.3 is 5.97 Å². The van der Waals surface area contributed by atoms with Gasteiger partial charge in [-0.25, -0.2) is 4.79 Å². The summed E-state index contributed by atoms with van der Waals surface area (Å²) >= 11 is 0. The molecule has 1 N–H and O–H groups in total. The molecule has 120 valence electrons. The van der Waals surface area contributed by atoms with Crippen LogP contribution < -0.4 is 5.32 Å². The first-order valence-corrected chi connectivity index (χ1v) is 7.17. The van der Waals surface area contributed by atoms with E-state index in [1.807, 2.05) is 0 Å². The molecule has 6 nitrogen and oxygen atoms in total. The van der Waals surface area contributed by atoms with Gasteiger partial charge in [0.15, 0.2) is 0 Å². The lowest BCUT2D eigenvalue weighted by Gasteiger charge is -2.20. The molecule has 0 aromatic heterocycles. The standard InChI is InChI=1S/C15H26N2O4/c1-12(2)15(20)21-11-10-17(14(4)19)9-7-5-6-8-16-13(3)18/h1,5-11H2,2-4H3,(H,16,18). The predicted molar refractivity (Wildman–Crippen MR) is 80.6 cm³/mol. The van der Waals surface area contributed by atoms with E-state index in [1.165, 1.54) is 13.8 Å². The molecule has 0 unspecified atom stereocenters. The minimum atomic E-state index is -0.436. The van der Waals surface area contributed by atoms with Gasteiger partial charge in [-0.05, 0) is 26.2 Å². The van der Waals surface area contributed by atoms with Crippen LogP contribution in [0.25, 0.3) is 0 Å². The van der Waals surface area contributed by atoms with Gasteiger partial charge in [-0.1, -0.05) is 6.58 Å². The van der Waals surface area contributed by atoms with Crippen LogP contribution in [0.5, 0.6) is 0 Å². The smallest absolute Gasteiger partial charge is 0.333 e. The van der Waals surface area contributed by atoms with Crippen molar-refractivity contribution in [2.24, 2.45) is 0 Å². The molecule has 0 fully saturated rings. The molecular weight excluding hydrogens is 272 g/mol. The first kappa shape index (κ1) is 19.1. The minimum absolute atomic E-state index is 0.0281. The second kappa shape index (κ2) is 10.9. The van der Waals surface area contributed by atoms with Crippen molar-refractivity contribution in [1.82, 2.24) is 10.2 Å². The van der Waals surface area contributed by atoms with E-state index in [9.17, 15) is 14.4 Å². The van der Waals surface area contributed by atoms with Crippen LogP contribution in [0.3, 0.4) is 0 Å². The normalized spacial score (nSPS) is 9.86. The third-order valence-corrected chi connectivity index (χ3v) is 2.87. The van der Waals surface area contributed by atoms with Crippen molar-refractivity contribution in [1.29, 1.82) is 0 Å². The summed E-state index contributed by atoms with van der Waals surface area (Å²) in [5, 5.41) is 2.73. The molecule has 0 aliphatic heterocycles. The molecule has 0 aliphatic carbocycles. The number of hydrogen-bond acceptors (Lipinski definition) is 4. The number of ether oxygens (including phenoxy) is 1. The highest BCUT2D eigenvalue weighted by Gasteiger charge is 2.10. The van der Waals surface area contributed by atoms with Gasteiger partial charge in [-0.2, -0.15) is 0 Å². The highest BCUT2D eigenvalue weighted by atomic mass is 16.5. The molecule has 6 heteroatoms. The van der Waals surface area contributed by atoms with Gasteiger partial charge in [0, 0.05) is 32.5 Å². The fourth-order valence-electron chi connectivity index (χ4n) is 1.67. The van der Waals surface area contributed by atoms with Gasteiger partial charge in [0.1, 0.15) is 6.61 Å². The highest BCUT2D eigenvalue weighted by Crippen LogP contribution is 2.00. The summed E-state index contributed by atoms with van der Waals surface area (Å²) in [7, 11) is 0. The van der Waals surface area contributed by atoms with E-state index < -0.39 is 5.97 Å². The molecular formula is C15H26N2O4. The Morgan fingerprint density at radius 2 is 1.71 bits per heavy atom. The third kappa shape index (κ3) is 10.6. The SMILES string of the molecule is C=C(C)C(=O)OCCN(CCCCCNC(C)=O)C(C)=O. The van der Waals surface area contributed by atoms with Crippen LogP contribution in [-0.4, -0.2) is 48.9 Å². The molecule has 0 rings (SSSR count). The summed E-state index contributed by atoms with van der Waals surface area (Å²) in [6.45, 7) is 9.91. The Bertz CT molecular complexity index is 380. The monoisotopic (exact) mass is 298 g/mol. The van der Waals surface area contributed by atoms with Crippen LogP contribution in [-0.2, 0) is 19.1 Å². The molecule has 0 bridgehead atoms. The van der Waals surface area contributed by atoms with E-state index in [1.54, 1.807) is 11.8 Å². The van der Waals surface area contributed by atoms with Crippen molar-refractivity contribution in [2.45, 2.75) is 40.0 Å². The van der Waals surface area contributed by atoms with E-state index >= 15 is 0 Å². The second-order valence-electron chi connectivity index (χ2n) is 4.97. The summed E-state index contributed by atoms with van der Waals surface area (Å²) < 4.78 is 4.98. The Labute approximate surface area is 126 Å². The topological polar surface area (TPSA) is 75.7 Å². The lowest BCUT2D eigenvalue weighted by molar-refractivity contribution is -0.141.